The van der Waals surface area contributed by atoms with Gasteiger partial charge in [0.15, 0.2) is 0 Å². The summed E-state index contributed by atoms with van der Waals surface area (Å²) in [5, 5.41) is 3.38. The minimum absolute atomic E-state index is 0.194. The molecule has 1 aromatic carbocycles. The molecular weight excluding hydrogens is 243 g/mol. The van der Waals surface area contributed by atoms with Crippen LogP contribution < -0.4 is 10.2 Å². The Morgan fingerprint density at radius 1 is 1.21 bits per heavy atom. The number of halogens is 1. The van der Waals surface area contributed by atoms with E-state index in [0.29, 0.717) is 6.10 Å². The van der Waals surface area contributed by atoms with Crippen molar-refractivity contribution in [3.05, 3.63) is 30.1 Å². The van der Waals surface area contributed by atoms with E-state index in [1.165, 1.54) is 12.1 Å². The predicted molar refractivity (Wildman–Crippen MR) is 78.2 cm³/mol. The molecule has 0 aliphatic carbocycles. The van der Waals surface area contributed by atoms with Crippen molar-refractivity contribution in [1.82, 2.24) is 5.32 Å². The molecule has 0 spiro atoms. The summed E-state index contributed by atoms with van der Waals surface area (Å²) < 4.78 is 18.3. The van der Waals surface area contributed by atoms with Crippen LogP contribution >= 0.6 is 0 Å². The van der Waals surface area contributed by atoms with Gasteiger partial charge in [0.05, 0.1) is 6.10 Å². The van der Waals surface area contributed by atoms with Gasteiger partial charge in [-0.05, 0) is 51.1 Å². The summed E-state index contributed by atoms with van der Waals surface area (Å²) in [4.78, 5) is 2.11. The van der Waals surface area contributed by atoms with Gasteiger partial charge in [-0.2, -0.15) is 0 Å². The zero-order valence-corrected chi connectivity index (χ0v) is 12.2. The summed E-state index contributed by atoms with van der Waals surface area (Å²) in [6.07, 6.45) is 1.34. The van der Waals surface area contributed by atoms with Crippen molar-refractivity contribution in [2.75, 3.05) is 38.2 Å². The van der Waals surface area contributed by atoms with Crippen LogP contribution in [0, 0.1) is 5.82 Å². The number of nitrogens with zero attached hydrogens (tertiary/aromatic N) is 1. The number of likely N-dealkylation sites (N-methyl/N-ethyl adjacent to an activating group) is 1. The maximum Gasteiger partial charge on any atom is 0.123 e. The first-order valence-corrected chi connectivity index (χ1v) is 6.88. The molecule has 0 fully saturated rings. The maximum atomic E-state index is 12.8. The molecule has 0 aliphatic rings. The van der Waals surface area contributed by atoms with Crippen molar-refractivity contribution in [3.8, 4) is 0 Å². The molecule has 0 heterocycles. The van der Waals surface area contributed by atoms with Crippen molar-refractivity contribution >= 4 is 5.69 Å². The highest BCUT2D eigenvalue weighted by molar-refractivity contribution is 5.45. The highest BCUT2D eigenvalue weighted by Gasteiger charge is 2.00. The van der Waals surface area contributed by atoms with Gasteiger partial charge >= 0.3 is 0 Å². The largest absolute Gasteiger partial charge is 0.379 e. The van der Waals surface area contributed by atoms with Crippen LogP contribution in [-0.4, -0.2) is 39.4 Å². The Morgan fingerprint density at radius 3 is 2.53 bits per heavy atom. The fourth-order valence-electron chi connectivity index (χ4n) is 1.71. The lowest BCUT2D eigenvalue weighted by atomic mass is 10.3. The van der Waals surface area contributed by atoms with Crippen molar-refractivity contribution in [3.63, 3.8) is 0 Å². The number of nitrogens with one attached hydrogen (secondary N) is 1. The molecule has 0 unspecified atom stereocenters. The van der Waals surface area contributed by atoms with Crippen LogP contribution in [0.5, 0.6) is 0 Å². The van der Waals surface area contributed by atoms with E-state index >= 15 is 0 Å². The molecule has 0 aliphatic heterocycles. The molecule has 19 heavy (non-hydrogen) atoms. The number of hydrogen-bond donors (Lipinski definition) is 1. The lowest BCUT2D eigenvalue weighted by Crippen LogP contribution is -2.30. The first-order valence-electron chi connectivity index (χ1n) is 6.88. The van der Waals surface area contributed by atoms with Crippen LogP contribution in [0.3, 0.4) is 0 Å². The van der Waals surface area contributed by atoms with E-state index in [4.69, 9.17) is 4.74 Å². The molecule has 0 aromatic heterocycles. The van der Waals surface area contributed by atoms with E-state index < -0.39 is 0 Å². The van der Waals surface area contributed by atoms with Gasteiger partial charge in [0, 0.05) is 32.4 Å². The maximum absolute atomic E-state index is 12.8. The second kappa shape index (κ2) is 8.88. The Hall–Kier alpha value is -1.13. The Kier molecular flexibility index (Phi) is 7.45. The molecule has 0 bridgehead atoms. The molecular formula is C15H25FN2O. The quantitative estimate of drug-likeness (QED) is 0.697. The number of anilines is 1. The molecule has 0 saturated heterocycles. The third kappa shape index (κ3) is 7.13. The fourth-order valence-corrected chi connectivity index (χ4v) is 1.71. The van der Waals surface area contributed by atoms with Crippen LogP contribution in [0.4, 0.5) is 10.1 Å². The standard InChI is InChI=1S/C15H25FN2O/c1-13(2)19-12-4-9-17-10-11-18(3)15-7-5-14(16)6-8-15/h5-8,13,17H,4,9-12H2,1-3H3. The van der Waals surface area contributed by atoms with Crippen LogP contribution in [-0.2, 0) is 4.74 Å². The number of rotatable bonds is 9. The molecule has 0 atom stereocenters. The molecule has 1 N–H and O–H groups in total. The van der Waals surface area contributed by atoms with E-state index in [-0.39, 0.29) is 5.82 Å². The zero-order valence-electron chi connectivity index (χ0n) is 12.2. The molecule has 3 nitrogen and oxygen atoms in total. The van der Waals surface area contributed by atoms with Gasteiger partial charge in [-0.1, -0.05) is 0 Å². The van der Waals surface area contributed by atoms with Gasteiger partial charge in [-0.15, -0.1) is 0 Å². The van der Waals surface area contributed by atoms with Gasteiger partial charge in [0.2, 0.25) is 0 Å². The van der Waals surface area contributed by atoms with E-state index in [9.17, 15) is 4.39 Å². The summed E-state index contributed by atoms with van der Waals surface area (Å²) in [7, 11) is 2.01. The first kappa shape index (κ1) is 15.9. The Labute approximate surface area is 115 Å². The molecule has 0 radical (unpaired) electrons. The second-order valence-electron chi connectivity index (χ2n) is 4.92. The average molecular weight is 268 g/mol. The Bertz CT molecular complexity index is 341. The third-order valence-electron chi connectivity index (χ3n) is 2.84. The lowest BCUT2D eigenvalue weighted by molar-refractivity contribution is 0.0771. The Morgan fingerprint density at radius 2 is 1.89 bits per heavy atom. The highest BCUT2D eigenvalue weighted by Crippen LogP contribution is 2.12. The summed E-state index contributed by atoms with van der Waals surface area (Å²) in [6, 6.07) is 6.57. The predicted octanol–water partition coefficient (Wildman–Crippen LogP) is 2.67. The molecule has 108 valence electrons. The van der Waals surface area contributed by atoms with Crippen molar-refractivity contribution in [2.45, 2.75) is 26.4 Å². The van der Waals surface area contributed by atoms with Crippen molar-refractivity contribution in [1.29, 1.82) is 0 Å². The topological polar surface area (TPSA) is 24.5 Å². The Balaban J connectivity index is 2.07. The van der Waals surface area contributed by atoms with Gasteiger partial charge in [0.25, 0.3) is 0 Å². The van der Waals surface area contributed by atoms with Crippen molar-refractivity contribution < 1.29 is 9.13 Å². The van der Waals surface area contributed by atoms with E-state index in [1.807, 2.05) is 20.9 Å². The van der Waals surface area contributed by atoms with Crippen molar-refractivity contribution in [2.24, 2.45) is 0 Å². The number of benzene rings is 1. The van der Waals surface area contributed by atoms with Gasteiger partial charge in [-0.25, -0.2) is 4.39 Å². The minimum atomic E-state index is -0.194. The minimum Gasteiger partial charge on any atom is -0.379 e. The van der Waals surface area contributed by atoms with E-state index in [1.54, 1.807) is 12.1 Å². The smallest absolute Gasteiger partial charge is 0.123 e. The van der Waals surface area contributed by atoms with Crippen LogP contribution in [0.15, 0.2) is 24.3 Å². The normalized spacial score (nSPS) is 11.0. The average Bonchev–Trinajstić information content (AvgIpc) is 2.38. The SMILES string of the molecule is CC(C)OCCCNCCN(C)c1ccc(F)cc1. The zero-order chi connectivity index (χ0) is 14.1. The highest BCUT2D eigenvalue weighted by atomic mass is 19.1. The van der Waals surface area contributed by atoms with E-state index in [0.717, 1.165) is 38.3 Å². The van der Waals surface area contributed by atoms with E-state index in [2.05, 4.69) is 10.2 Å². The summed E-state index contributed by atoms with van der Waals surface area (Å²) in [5.41, 5.74) is 1.03. The fraction of sp³-hybridized carbons (Fsp3) is 0.600. The second-order valence-corrected chi connectivity index (χ2v) is 4.92. The molecule has 1 rings (SSSR count). The molecule has 0 amide bonds. The lowest BCUT2D eigenvalue weighted by Gasteiger charge is -2.19. The summed E-state index contributed by atoms with van der Waals surface area (Å²) >= 11 is 0. The number of hydrogen-bond acceptors (Lipinski definition) is 3. The van der Waals surface area contributed by atoms with Crippen LogP contribution in [0.1, 0.15) is 20.3 Å². The van der Waals surface area contributed by atoms with Gasteiger partial charge < -0.3 is 15.0 Å². The van der Waals surface area contributed by atoms with Gasteiger partial charge in [-0.3, -0.25) is 0 Å². The van der Waals surface area contributed by atoms with Crippen LogP contribution in [0.2, 0.25) is 0 Å². The monoisotopic (exact) mass is 268 g/mol. The van der Waals surface area contributed by atoms with Gasteiger partial charge in [0.1, 0.15) is 5.82 Å². The first-order chi connectivity index (χ1) is 9.09. The molecule has 4 heteroatoms. The third-order valence-corrected chi connectivity index (χ3v) is 2.84. The summed E-state index contributed by atoms with van der Waals surface area (Å²) in [6.45, 7) is 7.67. The summed E-state index contributed by atoms with van der Waals surface area (Å²) in [5.74, 6) is -0.194. The number of ether oxygens (including phenoxy) is 1. The molecule has 1 aromatic rings. The van der Waals surface area contributed by atoms with Crippen LogP contribution in [0.25, 0.3) is 0 Å². The molecule has 0 saturated carbocycles.